The lowest BCUT2D eigenvalue weighted by atomic mass is 10.3. The number of benzene rings is 1. The monoisotopic (exact) mass is 247 g/mol. The van der Waals surface area contributed by atoms with Gasteiger partial charge in [0.15, 0.2) is 0 Å². The van der Waals surface area contributed by atoms with Crippen LogP contribution < -0.4 is 5.32 Å². The van der Waals surface area contributed by atoms with Crippen LogP contribution in [0.1, 0.15) is 12.2 Å². The van der Waals surface area contributed by atoms with Gasteiger partial charge >= 0.3 is 0 Å². The molecule has 4 nitrogen and oxygen atoms in total. The highest BCUT2D eigenvalue weighted by Crippen LogP contribution is 2.14. The molecule has 0 bridgehead atoms. The lowest BCUT2D eigenvalue weighted by Crippen LogP contribution is -2.22. The fourth-order valence-electron chi connectivity index (χ4n) is 2.14. The Kier molecular flexibility index (Phi) is 4.73. The summed E-state index contributed by atoms with van der Waals surface area (Å²) in [6, 6.07) is 8.28. The van der Waals surface area contributed by atoms with Crippen LogP contribution in [0.4, 0.5) is 0 Å². The van der Waals surface area contributed by atoms with Crippen molar-refractivity contribution in [2.24, 2.45) is 0 Å². The number of hydrogen-bond donors (Lipinski definition) is 1. The average Bonchev–Trinajstić information content (AvgIpc) is 2.70. The van der Waals surface area contributed by atoms with Gasteiger partial charge in [0.2, 0.25) is 0 Å². The fraction of sp³-hybridized carbons (Fsp3) is 0.500. The van der Waals surface area contributed by atoms with Crippen molar-refractivity contribution in [1.29, 1.82) is 0 Å². The van der Waals surface area contributed by atoms with Gasteiger partial charge in [-0.15, -0.1) is 0 Å². The molecule has 2 aromatic rings. The number of hydrogen-bond acceptors (Lipinski definition) is 3. The van der Waals surface area contributed by atoms with E-state index in [2.05, 4.69) is 40.0 Å². The maximum atomic E-state index is 5.02. The molecule has 0 atom stereocenters. The van der Waals surface area contributed by atoms with Crippen LogP contribution in [0.25, 0.3) is 11.0 Å². The third-order valence-corrected chi connectivity index (χ3v) is 3.06. The molecule has 98 valence electrons. The normalized spacial score (nSPS) is 11.2. The van der Waals surface area contributed by atoms with Crippen molar-refractivity contribution in [1.82, 2.24) is 14.9 Å². The van der Waals surface area contributed by atoms with Crippen molar-refractivity contribution in [3.8, 4) is 0 Å². The number of nitrogens with one attached hydrogen (secondary N) is 1. The molecule has 0 aliphatic heterocycles. The Morgan fingerprint density at radius 1 is 1.28 bits per heavy atom. The van der Waals surface area contributed by atoms with E-state index >= 15 is 0 Å². The van der Waals surface area contributed by atoms with Gasteiger partial charge in [-0.25, -0.2) is 4.98 Å². The lowest BCUT2D eigenvalue weighted by Gasteiger charge is -2.08. The van der Waals surface area contributed by atoms with E-state index in [1.807, 2.05) is 6.07 Å². The number of methoxy groups -OCH3 is 1. The van der Waals surface area contributed by atoms with E-state index in [1.165, 1.54) is 5.52 Å². The summed E-state index contributed by atoms with van der Waals surface area (Å²) in [5.41, 5.74) is 2.29. The zero-order valence-electron chi connectivity index (χ0n) is 11.1. The van der Waals surface area contributed by atoms with Crippen LogP contribution in [-0.4, -0.2) is 36.4 Å². The zero-order chi connectivity index (χ0) is 12.8. The molecule has 0 amide bonds. The Hall–Kier alpha value is -1.39. The van der Waals surface area contributed by atoms with Gasteiger partial charge in [-0.05, 0) is 32.0 Å². The van der Waals surface area contributed by atoms with Crippen LogP contribution in [0.2, 0.25) is 0 Å². The van der Waals surface area contributed by atoms with E-state index in [1.54, 1.807) is 7.11 Å². The van der Waals surface area contributed by atoms with Gasteiger partial charge in [0.1, 0.15) is 5.82 Å². The summed E-state index contributed by atoms with van der Waals surface area (Å²) in [7, 11) is 1.74. The lowest BCUT2D eigenvalue weighted by molar-refractivity contribution is 0.194. The predicted molar refractivity (Wildman–Crippen MR) is 73.8 cm³/mol. The van der Waals surface area contributed by atoms with Gasteiger partial charge in [0.25, 0.3) is 0 Å². The molecule has 0 saturated carbocycles. The van der Waals surface area contributed by atoms with Crippen LogP contribution in [0.15, 0.2) is 24.3 Å². The number of fused-ring (bicyclic) bond motifs is 1. The summed E-state index contributed by atoms with van der Waals surface area (Å²) in [5.74, 6) is 1.08. The highest BCUT2D eigenvalue weighted by Gasteiger charge is 2.05. The average molecular weight is 247 g/mol. The SMILES string of the molecule is COCCCNCCn1c(C)nc2ccccc21. The van der Waals surface area contributed by atoms with Crippen LogP contribution in [0, 0.1) is 6.92 Å². The van der Waals surface area contributed by atoms with E-state index < -0.39 is 0 Å². The minimum atomic E-state index is 0.819. The highest BCUT2D eigenvalue weighted by molar-refractivity contribution is 5.75. The summed E-state index contributed by atoms with van der Waals surface area (Å²) < 4.78 is 7.28. The van der Waals surface area contributed by atoms with Crippen LogP contribution >= 0.6 is 0 Å². The molecule has 0 aliphatic carbocycles. The molecule has 0 radical (unpaired) electrons. The van der Waals surface area contributed by atoms with Gasteiger partial charge in [0.05, 0.1) is 11.0 Å². The second-order valence-electron chi connectivity index (χ2n) is 4.40. The first kappa shape index (κ1) is 13.1. The van der Waals surface area contributed by atoms with E-state index in [0.717, 1.165) is 44.0 Å². The summed E-state index contributed by atoms with van der Waals surface area (Å²) in [6.07, 6.45) is 1.06. The molecule has 1 heterocycles. The second-order valence-corrected chi connectivity index (χ2v) is 4.40. The van der Waals surface area contributed by atoms with E-state index in [-0.39, 0.29) is 0 Å². The number of nitrogens with zero attached hydrogens (tertiary/aromatic N) is 2. The van der Waals surface area contributed by atoms with E-state index in [9.17, 15) is 0 Å². The first-order chi connectivity index (χ1) is 8.83. The highest BCUT2D eigenvalue weighted by atomic mass is 16.5. The Bertz CT molecular complexity index is 493. The van der Waals surface area contributed by atoms with E-state index in [0.29, 0.717) is 0 Å². The smallest absolute Gasteiger partial charge is 0.106 e. The fourth-order valence-corrected chi connectivity index (χ4v) is 2.14. The molecular weight excluding hydrogens is 226 g/mol. The molecule has 2 rings (SSSR count). The van der Waals surface area contributed by atoms with Crippen molar-refractivity contribution in [3.05, 3.63) is 30.1 Å². The first-order valence-corrected chi connectivity index (χ1v) is 6.44. The maximum absolute atomic E-state index is 5.02. The van der Waals surface area contributed by atoms with Crippen LogP contribution in [0.5, 0.6) is 0 Å². The summed E-state index contributed by atoms with van der Waals surface area (Å²) >= 11 is 0. The zero-order valence-corrected chi connectivity index (χ0v) is 11.1. The Labute approximate surface area is 108 Å². The largest absolute Gasteiger partial charge is 0.385 e. The summed E-state index contributed by atoms with van der Waals surface area (Å²) in [4.78, 5) is 4.56. The van der Waals surface area contributed by atoms with E-state index in [4.69, 9.17) is 4.74 Å². The number of ether oxygens (including phenoxy) is 1. The van der Waals surface area contributed by atoms with Gasteiger partial charge in [-0.1, -0.05) is 12.1 Å². The quantitative estimate of drug-likeness (QED) is 0.760. The third-order valence-electron chi connectivity index (χ3n) is 3.06. The van der Waals surface area contributed by atoms with Crippen LogP contribution in [0.3, 0.4) is 0 Å². The molecule has 18 heavy (non-hydrogen) atoms. The minimum Gasteiger partial charge on any atom is -0.385 e. The van der Waals surface area contributed by atoms with Gasteiger partial charge in [-0.2, -0.15) is 0 Å². The maximum Gasteiger partial charge on any atom is 0.106 e. The van der Waals surface area contributed by atoms with Crippen molar-refractivity contribution < 1.29 is 4.74 Å². The molecule has 1 aromatic heterocycles. The number of aryl methyl sites for hydroxylation is 1. The number of para-hydroxylation sites is 2. The van der Waals surface area contributed by atoms with Gasteiger partial charge < -0.3 is 14.6 Å². The number of aromatic nitrogens is 2. The van der Waals surface area contributed by atoms with Gasteiger partial charge in [0, 0.05) is 26.8 Å². The molecule has 0 fully saturated rings. The molecule has 1 N–H and O–H groups in total. The van der Waals surface area contributed by atoms with Gasteiger partial charge in [-0.3, -0.25) is 0 Å². The molecule has 0 unspecified atom stereocenters. The molecule has 4 heteroatoms. The second kappa shape index (κ2) is 6.52. The Balaban J connectivity index is 1.89. The molecule has 0 aliphatic rings. The standard InChI is InChI=1S/C14H21N3O/c1-12-16-13-6-3-4-7-14(13)17(12)10-9-15-8-5-11-18-2/h3-4,6-7,15H,5,8-11H2,1-2H3. The molecular formula is C14H21N3O. The first-order valence-electron chi connectivity index (χ1n) is 6.44. The van der Waals surface area contributed by atoms with Crippen molar-refractivity contribution in [2.45, 2.75) is 19.9 Å². The number of imidazole rings is 1. The van der Waals surface area contributed by atoms with Crippen molar-refractivity contribution >= 4 is 11.0 Å². The topological polar surface area (TPSA) is 39.1 Å². The third kappa shape index (κ3) is 3.09. The minimum absolute atomic E-state index is 0.819. The van der Waals surface area contributed by atoms with Crippen molar-refractivity contribution in [3.63, 3.8) is 0 Å². The Morgan fingerprint density at radius 2 is 2.11 bits per heavy atom. The molecule has 0 saturated heterocycles. The Morgan fingerprint density at radius 3 is 2.94 bits per heavy atom. The predicted octanol–water partition coefficient (Wildman–Crippen LogP) is 1.97. The summed E-state index contributed by atoms with van der Waals surface area (Å²) in [5, 5.41) is 3.42. The molecule has 0 spiro atoms. The van der Waals surface area contributed by atoms with Crippen LogP contribution in [-0.2, 0) is 11.3 Å². The number of rotatable bonds is 7. The van der Waals surface area contributed by atoms with Crippen molar-refractivity contribution in [2.75, 3.05) is 26.8 Å². The summed E-state index contributed by atoms with van der Waals surface area (Å²) in [6.45, 7) is 5.80. The molecule has 1 aromatic carbocycles.